The molecule has 0 saturated carbocycles. The number of hydrogen-bond donors (Lipinski definition) is 0. The standard InChI is InChI=1S/C16H21N/c1-14(15-9-5-4-6-10-15)13-16(2,3)11-7-8-12-17/h4-6,9-10H,1,7-8,11,13H2,2-3H3. The van der Waals surface area contributed by atoms with Crippen LogP contribution in [0.5, 0.6) is 0 Å². The maximum absolute atomic E-state index is 8.56. The van der Waals surface area contributed by atoms with E-state index in [1.807, 2.05) is 18.2 Å². The van der Waals surface area contributed by atoms with Gasteiger partial charge in [0.1, 0.15) is 0 Å². The van der Waals surface area contributed by atoms with Crippen molar-refractivity contribution in [1.82, 2.24) is 0 Å². The molecule has 0 amide bonds. The molecule has 0 radical (unpaired) electrons. The van der Waals surface area contributed by atoms with Crippen molar-refractivity contribution < 1.29 is 0 Å². The van der Waals surface area contributed by atoms with Crippen LogP contribution in [0.15, 0.2) is 36.9 Å². The Labute approximate surface area is 105 Å². The number of rotatable bonds is 6. The van der Waals surface area contributed by atoms with Crippen molar-refractivity contribution in [3.63, 3.8) is 0 Å². The van der Waals surface area contributed by atoms with Crippen LogP contribution in [-0.4, -0.2) is 0 Å². The lowest BCUT2D eigenvalue weighted by Crippen LogP contribution is -2.11. The Morgan fingerprint density at radius 1 is 1.29 bits per heavy atom. The zero-order valence-electron chi connectivity index (χ0n) is 10.9. The molecule has 90 valence electrons. The first-order valence-corrected chi connectivity index (χ1v) is 6.15. The number of nitrogens with zero attached hydrogens (tertiary/aromatic N) is 1. The van der Waals surface area contributed by atoms with Gasteiger partial charge >= 0.3 is 0 Å². The second kappa shape index (κ2) is 6.25. The Bertz CT molecular complexity index is 395. The molecule has 0 bridgehead atoms. The lowest BCUT2D eigenvalue weighted by atomic mass is 9.80. The fourth-order valence-electron chi connectivity index (χ4n) is 2.09. The van der Waals surface area contributed by atoms with E-state index in [4.69, 9.17) is 5.26 Å². The lowest BCUT2D eigenvalue weighted by molar-refractivity contribution is 0.336. The average Bonchev–Trinajstić information content (AvgIpc) is 2.30. The van der Waals surface area contributed by atoms with E-state index >= 15 is 0 Å². The van der Waals surface area contributed by atoms with Crippen LogP contribution >= 0.6 is 0 Å². The smallest absolute Gasteiger partial charge is 0.0621 e. The summed E-state index contributed by atoms with van der Waals surface area (Å²) in [6.45, 7) is 8.67. The van der Waals surface area contributed by atoms with E-state index < -0.39 is 0 Å². The summed E-state index contributed by atoms with van der Waals surface area (Å²) < 4.78 is 0. The van der Waals surface area contributed by atoms with Gasteiger partial charge in [-0.05, 0) is 35.8 Å². The molecule has 0 aromatic heterocycles. The van der Waals surface area contributed by atoms with Crippen LogP contribution in [0, 0.1) is 16.7 Å². The van der Waals surface area contributed by atoms with Gasteiger partial charge < -0.3 is 0 Å². The van der Waals surface area contributed by atoms with E-state index in [-0.39, 0.29) is 5.41 Å². The van der Waals surface area contributed by atoms with Gasteiger partial charge in [0.15, 0.2) is 0 Å². The molecule has 0 saturated heterocycles. The maximum Gasteiger partial charge on any atom is 0.0621 e. The van der Waals surface area contributed by atoms with Gasteiger partial charge in [0.2, 0.25) is 0 Å². The number of unbranched alkanes of at least 4 members (excludes halogenated alkanes) is 1. The highest BCUT2D eigenvalue weighted by molar-refractivity contribution is 5.63. The Morgan fingerprint density at radius 2 is 1.94 bits per heavy atom. The molecule has 0 heterocycles. The van der Waals surface area contributed by atoms with Crippen LogP contribution in [-0.2, 0) is 0 Å². The summed E-state index contributed by atoms with van der Waals surface area (Å²) in [6.07, 6.45) is 3.70. The third-order valence-corrected chi connectivity index (χ3v) is 3.02. The first-order valence-electron chi connectivity index (χ1n) is 6.15. The first-order chi connectivity index (χ1) is 8.05. The number of allylic oxidation sites excluding steroid dienone is 1. The van der Waals surface area contributed by atoms with E-state index in [1.54, 1.807) is 0 Å². The van der Waals surface area contributed by atoms with Gasteiger partial charge in [0.05, 0.1) is 6.07 Å². The molecule has 0 aliphatic carbocycles. The molecule has 0 atom stereocenters. The molecule has 0 aliphatic heterocycles. The maximum atomic E-state index is 8.56. The highest BCUT2D eigenvalue weighted by Crippen LogP contribution is 2.34. The highest BCUT2D eigenvalue weighted by Gasteiger charge is 2.19. The molecular weight excluding hydrogens is 206 g/mol. The summed E-state index contributed by atoms with van der Waals surface area (Å²) in [6, 6.07) is 12.5. The minimum absolute atomic E-state index is 0.226. The molecule has 0 fully saturated rings. The lowest BCUT2D eigenvalue weighted by Gasteiger charge is -2.25. The highest BCUT2D eigenvalue weighted by atomic mass is 14.3. The Balaban J connectivity index is 2.53. The van der Waals surface area contributed by atoms with Crippen molar-refractivity contribution in [3.05, 3.63) is 42.5 Å². The van der Waals surface area contributed by atoms with E-state index in [2.05, 4.69) is 38.6 Å². The Kier molecular flexibility index (Phi) is 4.97. The largest absolute Gasteiger partial charge is 0.198 e. The van der Waals surface area contributed by atoms with Crippen molar-refractivity contribution in [1.29, 1.82) is 5.26 Å². The predicted molar refractivity (Wildman–Crippen MR) is 73.3 cm³/mol. The minimum Gasteiger partial charge on any atom is -0.198 e. The summed E-state index contributed by atoms with van der Waals surface area (Å²) in [4.78, 5) is 0. The van der Waals surface area contributed by atoms with Crippen LogP contribution in [0.2, 0.25) is 0 Å². The molecular formula is C16H21N. The van der Waals surface area contributed by atoms with E-state index in [0.717, 1.165) is 19.3 Å². The van der Waals surface area contributed by atoms with Gasteiger partial charge in [-0.2, -0.15) is 5.26 Å². The molecule has 0 N–H and O–H groups in total. The molecule has 17 heavy (non-hydrogen) atoms. The van der Waals surface area contributed by atoms with Gasteiger partial charge in [-0.15, -0.1) is 0 Å². The zero-order valence-corrected chi connectivity index (χ0v) is 10.9. The average molecular weight is 227 g/mol. The number of nitriles is 1. The Hall–Kier alpha value is -1.55. The molecule has 1 heteroatoms. The van der Waals surface area contributed by atoms with E-state index in [0.29, 0.717) is 6.42 Å². The molecule has 1 rings (SSSR count). The molecule has 0 aliphatic rings. The third-order valence-electron chi connectivity index (χ3n) is 3.02. The summed E-state index contributed by atoms with van der Waals surface area (Å²) in [5, 5.41) is 8.56. The van der Waals surface area contributed by atoms with Crippen LogP contribution in [0.25, 0.3) is 5.57 Å². The second-order valence-electron chi connectivity index (χ2n) is 5.32. The van der Waals surface area contributed by atoms with Gasteiger partial charge in [-0.1, -0.05) is 50.8 Å². The van der Waals surface area contributed by atoms with Crippen molar-refractivity contribution in [3.8, 4) is 6.07 Å². The van der Waals surface area contributed by atoms with Gasteiger partial charge in [0.25, 0.3) is 0 Å². The monoisotopic (exact) mass is 227 g/mol. The first kappa shape index (κ1) is 13.5. The summed E-state index contributed by atoms with van der Waals surface area (Å²) in [5.74, 6) is 0. The van der Waals surface area contributed by atoms with Crippen LogP contribution in [0.1, 0.15) is 45.1 Å². The third kappa shape index (κ3) is 4.87. The topological polar surface area (TPSA) is 23.8 Å². The van der Waals surface area contributed by atoms with Crippen molar-refractivity contribution in [2.75, 3.05) is 0 Å². The van der Waals surface area contributed by atoms with Gasteiger partial charge in [-0.3, -0.25) is 0 Å². The van der Waals surface area contributed by atoms with Crippen LogP contribution in [0.4, 0.5) is 0 Å². The molecule has 0 unspecified atom stereocenters. The van der Waals surface area contributed by atoms with E-state index in [1.165, 1.54) is 11.1 Å². The molecule has 0 spiro atoms. The van der Waals surface area contributed by atoms with E-state index in [9.17, 15) is 0 Å². The number of benzene rings is 1. The van der Waals surface area contributed by atoms with Crippen LogP contribution in [0.3, 0.4) is 0 Å². The second-order valence-corrected chi connectivity index (χ2v) is 5.32. The summed E-state index contributed by atoms with van der Waals surface area (Å²) in [7, 11) is 0. The number of hydrogen-bond acceptors (Lipinski definition) is 1. The van der Waals surface area contributed by atoms with Crippen molar-refractivity contribution in [2.45, 2.75) is 39.5 Å². The predicted octanol–water partition coefficient (Wildman–Crippen LogP) is 4.81. The SMILES string of the molecule is C=C(CC(C)(C)CCCC#N)c1ccccc1. The van der Waals surface area contributed by atoms with Crippen molar-refractivity contribution in [2.24, 2.45) is 5.41 Å². The fourth-order valence-corrected chi connectivity index (χ4v) is 2.09. The summed E-state index contributed by atoms with van der Waals surface area (Å²) >= 11 is 0. The fraction of sp³-hybridized carbons (Fsp3) is 0.438. The molecule has 1 nitrogen and oxygen atoms in total. The quantitative estimate of drug-likeness (QED) is 0.640. The van der Waals surface area contributed by atoms with Crippen LogP contribution < -0.4 is 0 Å². The molecule has 1 aromatic carbocycles. The van der Waals surface area contributed by atoms with Gasteiger partial charge in [-0.25, -0.2) is 0 Å². The minimum atomic E-state index is 0.226. The zero-order chi connectivity index (χ0) is 12.7. The molecule has 1 aromatic rings. The van der Waals surface area contributed by atoms with Gasteiger partial charge in [0, 0.05) is 6.42 Å². The normalized spacial score (nSPS) is 10.9. The van der Waals surface area contributed by atoms with Crippen molar-refractivity contribution >= 4 is 5.57 Å². The Morgan fingerprint density at radius 3 is 2.53 bits per heavy atom. The summed E-state index contributed by atoms with van der Waals surface area (Å²) in [5.41, 5.74) is 2.64.